The monoisotopic (exact) mass is 344 g/mol. The van der Waals surface area contributed by atoms with Crippen molar-refractivity contribution in [1.29, 1.82) is 0 Å². The van der Waals surface area contributed by atoms with Crippen LogP contribution in [0.3, 0.4) is 0 Å². The number of pyridine rings is 1. The molecule has 0 spiro atoms. The van der Waals surface area contributed by atoms with E-state index < -0.39 is 5.97 Å². The zero-order valence-corrected chi connectivity index (χ0v) is 13.3. The molecule has 1 aromatic heterocycles. The standard InChI is InChI=1S/C14H11Cl3N2O2/c1-2-21-14(20)13-10(17)11(18)9(16)12(19-13)7-3-5-8(15)6-4-7/h3-6H,2H2,1H3,(H2,18,19). The van der Waals surface area contributed by atoms with Crippen LogP contribution in [-0.4, -0.2) is 17.6 Å². The van der Waals surface area contributed by atoms with Crippen LogP contribution in [0, 0.1) is 0 Å². The maximum Gasteiger partial charge on any atom is 0.358 e. The van der Waals surface area contributed by atoms with Crippen LogP contribution in [0.1, 0.15) is 17.4 Å². The third kappa shape index (κ3) is 3.23. The third-order valence-corrected chi connectivity index (χ3v) is 3.72. The molecule has 2 aromatic rings. The highest BCUT2D eigenvalue weighted by Gasteiger charge is 2.22. The molecule has 0 bridgehead atoms. The lowest BCUT2D eigenvalue weighted by atomic mass is 10.1. The van der Waals surface area contributed by atoms with Crippen LogP contribution in [0.2, 0.25) is 15.1 Å². The summed E-state index contributed by atoms with van der Waals surface area (Å²) in [6.45, 7) is 1.89. The van der Waals surface area contributed by atoms with Crippen molar-refractivity contribution >= 4 is 46.5 Å². The molecular formula is C14H11Cl3N2O2. The van der Waals surface area contributed by atoms with E-state index >= 15 is 0 Å². The number of anilines is 1. The highest BCUT2D eigenvalue weighted by Crippen LogP contribution is 2.37. The number of carbonyl (C=O) groups is 1. The average Bonchev–Trinajstić information content (AvgIpc) is 2.46. The lowest BCUT2D eigenvalue weighted by Gasteiger charge is -2.12. The predicted octanol–water partition coefficient (Wildman–Crippen LogP) is 4.47. The summed E-state index contributed by atoms with van der Waals surface area (Å²) in [5.41, 5.74) is 6.88. The van der Waals surface area contributed by atoms with E-state index in [-0.39, 0.29) is 28.0 Å². The van der Waals surface area contributed by atoms with Gasteiger partial charge in [0.05, 0.1) is 28.0 Å². The number of benzene rings is 1. The minimum atomic E-state index is -0.652. The van der Waals surface area contributed by atoms with E-state index in [1.165, 1.54) is 0 Å². The van der Waals surface area contributed by atoms with Crippen LogP contribution in [0.5, 0.6) is 0 Å². The average molecular weight is 346 g/mol. The van der Waals surface area contributed by atoms with Crippen molar-refractivity contribution < 1.29 is 9.53 Å². The van der Waals surface area contributed by atoms with Crippen molar-refractivity contribution in [2.24, 2.45) is 0 Å². The topological polar surface area (TPSA) is 65.2 Å². The normalized spacial score (nSPS) is 10.5. The Bertz CT molecular complexity index is 688. The largest absolute Gasteiger partial charge is 0.461 e. The van der Waals surface area contributed by atoms with E-state index in [1.54, 1.807) is 31.2 Å². The van der Waals surface area contributed by atoms with E-state index in [2.05, 4.69) is 4.98 Å². The number of halogens is 3. The molecule has 1 aromatic carbocycles. The molecule has 2 rings (SSSR count). The van der Waals surface area contributed by atoms with Crippen LogP contribution >= 0.6 is 34.8 Å². The molecule has 4 nitrogen and oxygen atoms in total. The Labute approximate surface area is 136 Å². The van der Waals surface area contributed by atoms with Gasteiger partial charge in [0.15, 0.2) is 5.69 Å². The van der Waals surface area contributed by atoms with Crippen LogP contribution in [0.15, 0.2) is 24.3 Å². The molecule has 0 aliphatic rings. The number of hydrogen-bond acceptors (Lipinski definition) is 4. The zero-order chi connectivity index (χ0) is 15.6. The van der Waals surface area contributed by atoms with Crippen LogP contribution in [0.25, 0.3) is 11.3 Å². The van der Waals surface area contributed by atoms with Crippen molar-refractivity contribution in [2.45, 2.75) is 6.92 Å². The van der Waals surface area contributed by atoms with Gasteiger partial charge >= 0.3 is 5.97 Å². The second-order valence-corrected chi connectivity index (χ2v) is 5.27. The van der Waals surface area contributed by atoms with Crippen LogP contribution in [0.4, 0.5) is 5.69 Å². The van der Waals surface area contributed by atoms with Gasteiger partial charge in [0.1, 0.15) is 0 Å². The van der Waals surface area contributed by atoms with Gasteiger partial charge in [0.2, 0.25) is 0 Å². The van der Waals surface area contributed by atoms with Gasteiger partial charge in [-0.15, -0.1) is 0 Å². The van der Waals surface area contributed by atoms with Crippen molar-refractivity contribution in [3.63, 3.8) is 0 Å². The number of nitrogen functional groups attached to an aromatic ring is 1. The summed E-state index contributed by atoms with van der Waals surface area (Å²) in [5.74, 6) is -0.652. The molecule has 0 amide bonds. The van der Waals surface area contributed by atoms with E-state index in [4.69, 9.17) is 45.3 Å². The quantitative estimate of drug-likeness (QED) is 0.834. The second kappa shape index (κ2) is 6.52. The Hall–Kier alpha value is -1.49. The molecule has 0 saturated carbocycles. The Morgan fingerprint density at radius 1 is 1.19 bits per heavy atom. The SMILES string of the molecule is CCOC(=O)c1nc(-c2ccc(Cl)cc2)c(Cl)c(N)c1Cl. The maximum absolute atomic E-state index is 11.9. The van der Waals surface area contributed by atoms with Gasteiger partial charge in [-0.25, -0.2) is 9.78 Å². The number of carbonyl (C=O) groups excluding carboxylic acids is 1. The summed E-state index contributed by atoms with van der Waals surface area (Å²) in [4.78, 5) is 16.1. The molecule has 0 unspecified atom stereocenters. The van der Waals surface area contributed by atoms with E-state index in [0.29, 0.717) is 16.3 Å². The molecule has 0 saturated heterocycles. The molecule has 0 aliphatic carbocycles. The van der Waals surface area contributed by atoms with Gasteiger partial charge < -0.3 is 10.5 Å². The first-order valence-corrected chi connectivity index (χ1v) is 7.16. The van der Waals surface area contributed by atoms with Crippen molar-refractivity contribution in [3.05, 3.63) is 45.0 Å². The molecule has 110 valence electrons. The Kier molecular flexibility index (Phi) is 4.93. The highest BCUT2D eigenvalue weighted by atomic mass is 35.5. The van der Waals surface area contributed by atoms with E-state index in [1.807, 2.05) is 0 Å². The lowest BCUT2D eigenvalue weighted by Crippen LogP contribution is -2.10. The lowest BCUT2D eigenvalue weighted by molar-refractivity contribution is 0.0520. The zero-order valence-electron chi connectivity index (χ0n) is 11.0. The minimum absolute atomic E-state index is 0.0174. The van der Waals surface area contributed by atoms with Gasteiger partial charge in [-0.3, -0.25) is 0 Å². The van der Waals surface area contributed by atoms with Gasteiger partial charge in [-0.2, -0.15) is 0 Å². The summed E-state index contributed by atoms with van der Waals surface area (Å²) >= 11 is 18.0. The highest BCUT2D eigenvalue weighted by molar-refractivity contribution is 6.41. The molecule has 0 aliphatic heterocycles. The van der Waals surface area contributed by atoms with Crippen molar-refractivity contribution in [3.8, 4) is 11.3 Å². The number of nitrogens with zero attached hydrogens (tertiary/aromatic N) is 1. The fourth-order valence-electron chi connectivity index (χ4n) is 1.70. The van der Waals surface area contributed by atoms with Crippen molar-refractivity contribution in [2.75, 3.05) is 12.3 Å². The predicted molar refractivity (Wildman–Crippen MR) is 85.1 cm³/mol. The molecule has 0 fully saturated rings. The number of ether oxygens (including phenoxy) is 1. The van der Waals surface area contributed by atoms with Crippen molar-refractivity contribution in [1.82, 2.24) is 4.98 Å². The first-order valence-electron chi connectivity index (χ1n) is 6.03. The third-order valence-electron chi connectivity index (χ3n) is 2.70. The smallest absolute Gasteiger partial charge is 0.358 e. The fourth-order valence-corrected chi connectivity index (χ4v) is 2.33. The number of aromatic nitrogens is 1. The molecular weight excluding hydrogens is 335 g/mol. The number of rotatable bonds is 3. The van der Waals surface area contributed by atoms with Gasteiger partial charge in [0.25, 0.3) is 0 Å². The summed E-state index contributed by atoms with van der Waals surface area (Å²) < 4.78 is 4.91. The van der Waals surface area contributed by atoms with Crippen LogP contribution in [-0.2, 0) is 4.74 Å². The molecule has 2 N–H and O–H groups in total. The van der Waals surface area contributed by atoms with Gasteiger partial charge in [0, 0.05) is 10.6 Å². The number of nitrogens with two attached hydrogens (primary N) is 1. The van der Waals surface area contributed by atoms with E-state index in [9.17, 15) is 4.79 Å². The number of hydrogen-bond donors (Lipinski definition) is 1. The summed E-state index contributed by atoms with van der Waals surface area (Å²) in [5, 5.41) is 0.731. The fraction of sp³-hybridized carbons (Fsp3) is 0.143. The summed E-state index contributed by atoms with van der Waals surface area (Å²) in [6.07, 6.45) is 0. The second-order valence-electron chi connectivity index (χ2n) is 4.08. The minimum Gasteiger partial charge on any atom is -0.461 e. The molecule has 21 heavy (non-hydrogen) atoms. The first kappa shape index (κ1) is 15.9. The molecule has 0 radical (unpaired) electrons. The number of esters is 1. The molecule has 7 heteroatoms. The summed E-state index contributed by atoms with van der Waals surface area (Å²) in [7, 11) is 0. The maximum atomic E-state index is 11.9. The molecule has 1 heterocycles. The first-order chi connectivity index (χ1) is 9.95. The van der Waals surface area contributed by atoms with Gasteiger partial charge in [-0.1, -0.05) is 46.9 Å². The Balaban J connectivity index is 2.61. The Morgan fingerprint density at radius 2 is 1.81 bits per heavy atom. The Morgan fingerprint density at radius 3 is 2.38 bits per heavy atom. The summed E-state index contributed by atoms with van der Waals surface area (Å²) in [6, 6.07) is 6.81. The van der Waals surface area contributed by atoms with Gasteiger partial charge in [-0.05, 0) is 19.1 Å². The van der Waals surface area contributed by atoms with Crippen LogP contribution < -0.4 is 5.73 Å². The van der Waals surface area contributed by atoms with E-state index in [0.717, 1.165) is 0 Å². The molecule has 0 atom stereocenters.